The van der Waals surface area contributed by atoms with Crippen LogP contribution < -0.4 is 14.0 Å². The molecule has 0 saturated carbocycles. The average molecular weight is 379 g/mol. The second-order valence-electron chi connectivity index (χ2n) is 8.37. The van der Waals surface area contributed by atoms with Crippen LogP contribution in [0.1, 0.15) is 33.3 Å². The summed E-state index contributed by atoms with van der Waals surface area (Å²) in [6, 6.07) is 14.9. The lowest BCUT2D eigenvalue weighted by Gasteiger charge is -2.17. The van der Waals surface area contributed by atoms with Crippen LogP contribution in [0.25, 0.3) is 22.0 Å². The topological polar surface area (TPSA) is 22.3 Å². The highest BCUT2D eigenvalue weighted by atomic mass is 16.5. The summed E-state index contributed by atoms with van der Waals surface area (Å²) in [5, 5.41) is 2.46. The Balaban J connectivity index is 2.17. The molecule has 0 fully saturated rings. The maximum Gasteiger partial charge on any atom is 0.220 e. The van der Waals surface area contributed by atoms with Gasteiger partial charge in [-0.2, -0.15) is 0 Å². The molecule has 0 unspecified atom stereocenters. The molecule has 148 valence electrons. The van der Waals surface area contributed by atoms with Crippen molar-refractivity contribution in [1.29, 1.82) is 0 Å². The van der Waals surface area contributed by atoms with Gasteiger partial charge in [0.2, 0.25) is 5.69 Å². The minimum absolute atomic E-state index is 0.469. The summed E-state index contributed by atoms with van der Waals surface area (Å²) in [6.45, 7) is 12.2. The standard InChI is InChI=1S/C25H32NO2/c1-17(2)15-27-21-13-23(19(5)24(14-21)28-16-18(3)4)25-22-10-8-7-9-20(22)11-12-26(25)6/h7-14,17-18H,15-16H2,1-6H3/q+1. The minimum Gasteiger partial charge on any atom is -0.493 e. The summed E-state index contributed by atoms with van der Waals surface area (Å²) in [7, 11) is 2.09. The van der Waals surface area contributed by atoms with E-state index >= 15 is 0 Å². The molecule has 0 atom stereocenters. The van der Waals surface area contributed by atoms with Crippen molar-refractivity contribution < 1.29 is 14.0 Å². The number of rotatable bonds is 7. The Labute approximate surface area is 168 Å². The predicted octanol–water partition coefficient (Wildman–Crippen LogP) is 5.71. The summed E-state index contributed by atoms with van der Waals surface area (Å²) in [4.78, 5) is 0. The third-order valence-corrected chi connectivity index (χ3v) is 4.79. The van der Waals surface area contributed by atoms with E-state index in [-0.39, 0.29) is 0 Å². The van der Waals surface area contributed by atoms with Gasteiger partial charge < -0.3 is 9.47 Å². The van der Waals surface area contributed by atoms with Gasteiger partial charge in [-0.25, -0.2) is 4.57 Å². The number of pyridine rings is 1. The van der Waals surface area contributed by atoms with Gasteiger partial charge in [0.05, 0.1) is 24.2 Å². The van der Waals surface area contributed by atoms with E-state index in [1.165, 1.54) is 16.5 Å². The van der Waals surface area contributed by atoms with Gasteiger partial charge in [0.1, 0.15) is 18.5 Å². The number of ether oxygens (including phenoxy) is 2. The van der Waals surface area contributed by atoms with E-state index in [1.807, 2.05) is 6.07 Å². The maximum absolute atomic E-state index is 6.17. The molecular weight excluding hydrogens is 346 g/mol. The van der Waals surface area contributed by atoms with Crippen molar-refractivity contribution >= 4 is 10.8 Å². The molecule has 0 amide bonds. The average Bonchev–Trinajstić information content (AvgIpc) is 2.66. The third kappa shape index (κ3) is 4.46. The zero-order chi connectivity index (χ0) is 20.3. The highest BCUT2D eigenvalue weighted by Crippen LogP contribution is 2.36. The second kappa shape index (κ2) is 8.64. The summed E-state index contributed by atoms with van der Waals surface area (Å²) < 4.78 is 14.4. The molecular formula is C25H32NO2+. The monoisotopic (exact) mass is 378 g/mol. The number of fused-ring (bicyclic) bond motifs is 1. The van der Waals surface area contributed by atoms with E-state index in [4.69, 9.17) is 9.47 Å². The molecule has 3 aromatic rings. The highest BCUT2D eigenvalue weighted by Gasteiger charge is 2.21. The quantitative estimate of drug-likeness (QED) is 0.491. The van der Waals surface area contributed by atoms with E-state index in [2.05, 4.69) is 88.8 Å². The summed E-state index contributed by atoms with van der Waals surface area (Å²) >= 11 is 0. The van der Waals surface area contributed by atoms with Crippen molar-refractivity contribution in [3.05, 3.63) is 54.2 Å². The van der Waals surface area contributed by atoms with Gasteiger partial charge in [0.25, 0.3) is 0 Å². The molecule has 2 aromatic carbocycles. The Hall–Kier alpha value is -2.55. The van der Waals surface area contributed by atoms with Crippen LogP contribution in [0.2, 0.25) is 0 Å². The number of aryl methyl sites for hydroxylation is 1. The first-order chi connectivity index (χ1) is 13.4. The normalized spacial score (nSPS) is 11.4. The van der Waals surface area contributed by atoms with Crippen molar-refractivity contribution in [3.8, 4) is 22.8 Å². The third-order valence-electron chi connectivity index (χ3n) is 4.79. The van der Waals surface area contributed by atoms with Gasteiger partial charge in [-0.3, -0.25) is 0 Å². The highest BCUT2D eigenvalue weighted by molar-refractivity contribution is 5.94. The Morgan fingerprint density at radius 1 is 0.893 bits per heavy atom. The lowest BCUT2D eigenvalue weighted by molar-refractivity contribution is -0.659. The molecule has 1 aromatic heterocycles. The van der Waals surface area contributed by atoms with Gasteiger partial charge in [-0.05, 0) is 36.3 Å². The van der Waals surface area contributed by atoms with Crippen LogP contribution in [0.5, 0.6) is 11.5 Å². The van der Waals surface area contributed by atoms with Gasteiger partial charge in [0.15, 0.2) is 6.20 Å². The molecule has 3 heteroatoms. The van der Waals surface area contributed by atoms with Crippen LogP contribution in [0.15, 0.2) is 48.7 Å². The number of hydrogen-bond donors (Lipinski definition) is 0. The molecule has 0 saturated heterocycles. The molecule has 3 nitrogen and oxygen atoms in total. The Morgan fingerprint density at radius 3 is 2.29 bits per heavy atom. The summed E-state index contributed by atoms with van der Waals surface area (Å²) in [6.07, 6.45) is 2.12. The fourth-order valence-corrected chi connectivity index (χ4v) is 3.31. The van der Waals surface area contributed by atoms with Gasteiger partial charge in [0, 0.05) is 17.7 Å². The lowest BCUT2D eigenvalue weighted by atomic mass is 9.98. The Morgan fingerprint density at radius 2 is 1.57 bits per heavy atom. The van der Waals surface area contributed by atoms with Crippen molar-refractivity contribution in [1.82, 2.24) is 0 Å². The first-order valence-corrected chi connectivity index (χ1v) is 10.1. The largest absolute Gasteiger partial charge is 0.493 e. The SMILES string of the molecule is Cc1c(OCC(C)C)cc(OCC(C)C)cc1-c1c2ccccc2cc[n+]1C. The molecule has 0 radical (unpaired) electrons. The molecule has 3 rings (SSSR count). The van der Waals surface area contributed by atoms with E-state index < -0.39 is 0 Å². The molecule has 0 aliphatic heterocycles. The Bertz CT molecular complexity index is 960. The number of hydrogen-bond acceptors (Lipinski definition) is 2. The van der Waals surface area contributed by atoms with Crippen LogP contribution >= 0.6 is 0 Å². The molecule has 28 heavy (non-hydrogen) atoms. The number of aromatic nitrogens is 1. The first-order valence-electron chi connectivity index (χ1n) is 10.1. The molecule has 0 aliphatic carbocycles. The van der Waals surface area contributed by atoms with E-state index in [0.717, 1.165) is 22.6 Å². The maximum atomic E-state index is 6.17. The zero-order valence-corrected chi connectivity index (χ0v) is 18.0. The summed E-state index contributed by atoms with van der Waals surface area (Å²) in [5.74, 6) is 2.70. The predicted molar refractivity (Wildman–Crippen MR) is 116 cm³/mol. The zero-order valence-electron chi connectivity index (χ0n) is 18.0. The van der Waals surface area contributed by atoms with Gasteiger partial charge in [-0.1, -0.05) is 45.9 Å². The van der Waals surface area contributed by atoms with E-state index in [9.17, 15) is 0 Å². The molecule has 0 bridgehead atoms. The summed E-state index contributed by atoms with van der Waals surface area (Å²) in [5.41, 5.74) is 3.48. The van der Waals surface area contributed by atoms with Crippen LogP contribution in [-0.2, 0) is 7.05 Å². The molecule has 0 aliphatic rings. The van der Waals surface area contributed by atoms with Crippen molar-refractivity contribution in [2.24, 2.45) is 18.9 Å². The smallest absolute Gasteiger partial charge is 0.220 e. The number of nitrogens with zero attached hydrogens (tertiary/aromatic N) is 1. The number of benzene rings is 2. The van der Waals surface area contributed by atoms with E-state index in [1.54, 1.807) is 0 Å². The van der Waals surface area contributed by atoms with Crippen molar-refractivity contribution in [3.63, 3.8) is 0 Å². The van der Waals surface area contributed by atoms with Crippen molar-refractivity contribution in [2.75, 3.05) is 13.2 Å². The van der Waals surface area contributed by atoms with Gasteiger partial charge >= 0.3 is 0 Å². The fourth-order valence-electron chi connectivity index (χ4n) is 3.31. The molecule has 0 N–H and O–H groups in total. The molecule has 1 heterocycles. The van der Waals surface area contributed by atoms with Crippen LogP contribution in [0.3, 0.4) is 0 Å². The fraction of sp³-hybridized carbons (Fsp3) is 0.400. The second-order valence-corrected chi connectivity index (χ2v) is 8.37. The van der Waals surface area contributed by atoms with E-state index in [0.29, 0.717) is 25.0 Å². The van der Waals surface area contributed by atoms with Gasteiger partial charge in [-0.15, -0.1) is 0 Å². The Kier molecular flexibility index (Phi) is 6.23. The van der Waals surface area contributed by atoms with Crippen LogP contribution in [-0.4, -0.2) is 13.2 Å². The lowest BCUT2D eigenvalue weighted by Crippen LogP contribution is -2.30. The van der Waals surface area contributed by atoms with Crippen molar-refractivity contribution in [2.45, 2.75) is 34.6 Å². The molecule has 0 spiro atoms. The van der Waals surface area contributed by atoms with Crippen LogP contribution in [0.4, 0.5) is 0 Å². The van der Waals surface area contributed by atoms with Crippen LogP contribution in [0, 0.1) is 18.8 Å². The first kappa shape index (κ1) is 20.2. The minimum atomic E-state index is 0.469.